The lowest BCUT2D eigenvalue weighted by molar-refractivity contribution is -0.0627. The van der Waals surface area contributed by atoms with Crippen molar-refractivity contribution in [2.45, 2.75) is 44.2 Å². The molecule has 3 aliphatic heterocycles. The van der Waals surface area contributed by atoms with Gasteiger partial charge in [-0.3, -0.25) is 4.90 Å². The van der Waals surface area contributed by atoms with Gasteiger partial charge in [0.15, 0.2) is 0 Å². The summed E-state index contributed by atoms with van der Waals surface area (Å²) in [6, 6.07) is 0. The van der Waals surface area contributed by atoms with E-state index >= 15 is 0 Å². The van der Waals surface area contributed by atoms with Gasteiger partial charge in [0.25, 0.3) is 0 Å². The summed E-state index contributed by atoms with van der Waals surface area (Å²) >= 11 is 1.74. The molecular weight excluding hydrogens is 284 g/mol. The first-order valence-electron chi connectivity index (χ1n) is 7.94. The second kappa shape index (κ2) is 5.57. The lowest BCUT2D eigenvalue weighted by atomic mass is 9.88. The van der Waals surface area contributed by atoms with Gasteiger partial charge < -0.3 is 9.74 Å². The van der Waals surface area contributed by atoms with Crippen molar-refractivity contribution in [2.24, 2.45) is 5.16 Å². The molecule has 0 bridgehead atoms. The van der Waals surface area contributed by atoms with Gasteiger partial charge >= 0.3 is 0 Å². The highest BCUT2D eigenvalue weighted by Gasteiger charge is 2.43. The van der Waals surface area contributed by atoms with Gasteiger partial charge in [-0.1, -0.05) is 5.16 Å². The first-order chi connectivity index (χ1) is 10.3. The fraction of sp³-hybridized carbons (Fsp3) is 0.733. The van der Waals surface area contributed by atoms with Gasteiger partial charge in [0.05, 0.1) is 13.0 Å². The number of hydrogen-bond acceptors (Lipinski definition) is 6. The van der Waals surface area contributed by atoms with E-state index < -0.39 is 0 Å². The Balaban J connectivity index is 1.31. The number of oxime groups is 1. The Morgan fingerprint density at radius 2 is 2.00 bits per heavy atom. The molecule has 3 aliphatic rings. The van der Waals surface area contributed by atoms with Crippen molar-refractivity contribution < 1.29 is 4.84 Å². The maximum absolute atomic E-state index is 5.90. The first kappa shape index (κ1) is 13.5. The quantitative estimate of drug-likeness (QED) is 0.841. The maximum Gasteiger partial charge on any atom is 0.148 e. The third kappa shape index (κ3) is 2.79. The molecule has 0 aliphatic carbocycles. The van der Waals surface area contributed by atoms with Gasteiger partial charge in [-0.15, -0.1) is 11.3 Å². The van der Waals surface area contributed by atoms with Crippen LogP contribution in [0.4, 0.5) is 0 Å². The second-order valence-electron chi connectivity index (χ2n) is 6.35. The summed E-state index contributed by atoms with van der Waals surface area (Å²) in [7, 11) is 0. The van der Waals surface area contributed by atoms with Crippen LogP contribution < -0.4 is 0 Å². The van der Waals surface area contributed by atoms with Crippen molar-refractivity contribution in [3.05, 3.63) is 16.6 Å². The molecule has 1 spiro atoms. The van der Waals surface area contributed by atoms with Gasteiger partial charge in [-0.25, -0.2) is 4.98 Å². The molecule has 6 heteroatoms. The topological polar surface area (TPSA) is 41.0 Å². The molecule has 0 aromatic carbocycles. The fourth-order valence-corrected chi connectivity index (χ4v) is 4.21. The van der Waals surface area contributed by atoms with Crippen LogP contribution in [-0.2, 0) is 11.4 Å². The number of piperidine rings is 1. The number of nitrogens with zero attached hydrogens (tertiary/aromatic N) is 4. The molecule has 114 valence electrons. The Bertz CT molecular complexity index is 502. The van der Waals surface area contributed by atoms with E-state index in [0.29, 0.717) is 0 Å². The third-order valence-corrected chi connectivity index (χ3v) is 5.67. The highest BCUT2D eigenvalue weighted by atomic mass is 32.1. The molecule has 0 N–H and O–H groups in total. The molecule has 0 unspecified atom stereocenters. The summed E-state index contributed by atoms with van der Waals surface area (Å²) in [6.07, 6.45) is 7.67. The minimum absolute atomic E-state index is 0.0166. The average Bonchev–Trinajstić information content (AvgIpc) is 3.23. The van der Waals surface area contributed by atoms with Crippen molar-refractivity contribution in [3.8, 4) is 0 Å². The van der Waals surface area contributed by atoms with E-state index in [1.54, 1.807) is 11.3 Å². The lowest BCUT2D eigenvalue weighted by Crippen LogP contribution is -2.45. The lowest BCUT2D eigenvalue weighted by Gasteiger charge is -2.37. The van der Waals surface area contributed by atoms with Crippen LogP contribution in [0.3, 0.4) is 0 Å². The molecule has 4 rings (SSSR count). The van der Waals surface area contributed by atoms with Gasteiger partial charge in [0, 0.05) is 50.6 Å². The Morgan fingerprint density at radius 3 is 2.71 bits per heavy atom. The molecule has 1 aromatic rings. The summed E-state index contributed by atoms with van der Waals surface area (Å²) in [6.45, 7) is 5.47. The number of likely N-dealkylation sites (tertiary alicyclic amines) is 2. The SMILES string of the molecule is c1csc(CN2CCC3(CC2)CC(N2CCCC2)=NO3)n1. The summed E-state index contributed by atoms with van der Waals surface area (Å²) in [5, 5.41) is 7.68. The predicted molar refractivity (Wildman–Crippen MR) is 83.3 cm³/mol. The average molecular weight is 306 g/mol. The molecule has 4 heterocycles. The van der Waals surface area contributed by atoms with Crippen LogP contribution in [0.1, 0.15) is 37.1 Å². The van der Waals surface area contributed by atoms with Crippen molar-refractivity contribution in [1.29, 1.82) is 0 Å². The molecule has 0 atom stereocenters. The molecule has 21 heavy (non-hydrogen) atoms. The molecule has 0 saturated carbocycles. The summed E-state index contributed by atoms with van der Waals surface area (Å²) in [5.41, 5.74) is -0.0166. The zero-order valence-corrected chi connectivity index (χ0v) is 13.1. The van der Waals surface area contributed by atoms with E-state index in [0.717, 1.165) is 52.0 Å². The molecule has 5 nitrogen and oxygen atoms in total. The maximum atomic E-state index is 5.90. The third-order valence-electron chi connectivity index (χ3n) is 4.91. The van der Waals surface area contributed by atoms with E-state index in [1.165, 1.54) is 23.7 Å². The number of amidine groups is 1. The molecule has 1 aromatic heterocycles. The molecule has 0 amide bonds. The number of aromatic nitrogens is 1. The van der Waals surface area contributed by atoms with E-state index in [-0.39, 0.29) is 5.60 Å². The summed E-state index contributed by atoms with van der Waals surface area (Å²) in [5.74, 6) is 1.20. The van der Waals surface area contributed by atoms with Gasteiger partial charge in [0.2, 0.25) is 0 Å². The van der Waals surface area contributed by atoms with Crippen LogP contribution in [0.2, 0.25) is 0 Å². The monoisotopic (exact) mass is 306 g/mol. The molecule has 2 fully saturated rings. The van der Waals surface area contributed by atoms with Crippen LogP contribution in [-0.4, -0.2) is 52.4 Å². The number of thiazole rings is 1. The van der Waals surface area contributed by atoms with E-state index in [9.17, 15) is 0 Å². The minimum Gasteiger partial charge on any atom is -0.387 e. The zero-order chi connectivity index (χ0) is 14.1. The van der Waals surface area contributed by atoms with Crippen LogP contribution in [0, 0.1) is 0 Å². The van der Waals surface area contributed by atoms with E-state index in [1.807, 2.05) is 6.20 Å². The Hall–Kier alpha value is -1.14. The Morgan fingerprint density at radius 1 is 1.19 bits per heavy atom. The van der Waals surface area contributed by atoms with E-state index in [2.05, 4.69) is 25.3 Å². The van der Waals surface area contributed by atoms with Crippen molar-refractivity contribution in [2.75, 3.05) is 26.2 Å². The number of rotatable bonds is 2. The highest BCUT2D eigenvalue weighted by Crippen LogP contribution is 2.36. The fourth-order valence-electron chi connectivity index (χ4n) is 3.56. The Labute approximate surface area is 129 Å². The van der Waals surface area contributed by atoms with Crippen LogP contribution in [0.5, 0.6) is 0 Å². The van der Waals surface area contributed by atoms with Gasteiger partial charge in [-0.2, -0.15) is 0 Å². The highest BCUT2D eigenvalue weighted by molar-refractivity contribution is 7.09. The standard InChI is InChI=1S/C15H22N4OS/c1-2-7-19(6-1)13-11-15(20-17-13)3-8-18(9-4-15)12-14-16-5-10-21-14/h5,10H,1-4,6-9,11-12H2. The molecule has 0 radical (unpaired) electrons. The van der Waals surface area contributed by atoms with Gasteiger partial charge in [0.1, 0.15) is 16.4 Å². The first-order valence-corrected chi connectivity index (χ1v) is 8.82. The largest absolute Gasteiger partial charge is 0.387 e. The van der Waals surface area contributed by atoms with Crippen LogP contribution in [0.15, 0.2) is 16.7 Å². The van der Waals surface area contributed by atoms with E-state index in [4.69, 9.17) is 4.84 Å². The van der Waals surface area contributed by atoms with Crippen molar-refractivity contribution >= 4 is 17.2 Å². The van der Waals surface area contributed by atoms with Crippen LogP contribution >= 0.6 is 11.3 Å². The normalized spacial score (nSPS) is 25.3. The number of hydrogen-bond donors (Lipinski definition) is 0. The molecular formula is C15H22N4OS. The summed E-state index contributed by atoms with van der Waals surface area (Å²) < 4.78 is 0. The molecule has 2 saturated heterocycles. The Kier molecular flexibility index (Phi) is 3.59. The minimum atomic E-state index is -0.0166. The van der Waals surface area contributed by atoms with Crippen LogP contribution in [0.25, 0.3) is 0 Å². The second-order valence-corrected chi connectivity index (χ2v) is 7.33. The van der Waals surface area contributed by atoms with Crippen molar-refractivity contribution in [1.82, 2.24) is 14.8 Å². The van der Waals surface area contributed by atoms with Crippen molar-refractivity contribution in [3.63, 3.8) is 0 Å². The predicted octanol–water partition coefficient (Wildman–Crippen LogP) is 2.31. The smallest absolute Gasteiger partial charge is 0.148 e. The summed E-state index contributed by atoms with van der Waals surface area (Å²) in [4.78, 5) is 15.2. The zero-order valence-electron chi connectivity index (χ0n) is 12.3. The van der Waals surface area contributed by atoms with Gasteiger partial charge in [-0.05, 0) is 12.8 Å².